The SMILES string of the molecule is FC(F)(F)c1cc(Br)ccc1C(Br)c1ccc(Cl)c(Cl)c1. The Bertz CT molecular complexity index is 672. The molecule has 112 valence electrons. The molecule has 0 N–H and O–H groups in total. The van der Waals surface area contributed by atoms with Crippen LogP contribution in [0, 0.1) is 0 Å². The largest absolute Gasteiger partial charge is 0.416 e. The Morgan fingerprint density at radius 2 is 1.62 bits per heavy atom. The Morgan fingerprint density at radius 3 is 2.19 bits per heavy atom. The molecule has 21 heavy (non-hydrogen) atoms. The van der Waals surface area contributed by atoms with Crippen molar-refractivity contribution >= 4 is 55.1 Å². The third-order valence-corrected chi connectivity index (χ3v) is 5.08. The van der Waals surface area contributed by atoms with E-state index in [-0.39, 0.29) is 5.56 Å². The maximum absolute atomic E-state index is 13.2. The lowest BCUT2D eigenvalue weighted by atomic mass is 9.99. The van der Waals surface area contributed by atoms with Gasteiger partial charge in [-0.15, -0.1) is 0 Å². The Labute approximate surface area is 146 Å². The lowest BCUT2D eigenvalue weighted by Gasteiger charge is -2.18. The summed E-state index contributed by atoms with van der Waals surface area (Å²) < 4.78 is 39.8. The van der Waals surface area contributed by atoms with Gasteiger partial charge in [0.2, 0.25) is 0 Å². The highest BCUT2D eigenvalue weighted by molar-refractivity contribution is 9.10. The van der Waals surface area contributed by atoms with E-state index in [1.807, 2.05) is 0 Å². The summed E-state index contributed by atoms with van der Waals surface area (Å²) in [6.07, 6.45) is -4.44. The van der Waals surface area contributed by atoms with E-state index >= 15 is 0 Å². The maximum Gasteiger partial charge on any atom is 0.416 e. The standard InChI is InChI=1S/C14H7Br2Cl2F3/c15-8-2-3-9(10(6-8)14(19,20)21)13(16)7-1-4-11(17)12(18)5-7/h1-6,13H. The molecular weight excluding hydrogens is 456 g/mol. The molecule has 0 radical (unpaired) electrons. The number of halogens is 7. The van der Waals surface area contributed by atoms with E-state index in [0.717, 1.165) is 6.07 Å². The summed E-state index contributed by atoms with van der Waals surface area (Å²) in [6, 6.07) is 8.78. The van der Waals surface area contributed by atoms with Crippen molar-refractivity contribution in [2.24, 2.45) is 0 Å². The van der Waals surface area contributed by atoms with Crippen molar-refractivity contribution in [1.82, 2.24) is 0 Å². The quantitative estimate of drug-likeness (QED) is 0.412. The Morgan fingerprint density at radius 1 is 0.952 bits per heavy atom. The molecule has 2 aromatic carbocycles. The van der Waals surface area contributed by atoms with Crippen LogP contribution in [0.4, 0.5) is 13.2 Å². The van der Waals surface area contributed by atoms with Gasteiger partial charge in [0.05, 0.1) is 20.4 Å². The van der Waals surface area contributed by atoms with E-state index in [2.05, 4.69) is 31.9 Å². The first-order valence-electron chi connectivity index (χ1n) is 5.66. The van der Waals surface area contributed by atoms with Gasteiger partial charge in [0.15, 0.2) is 0 Å². The zero-order valence-corrected chi connectivity index (χ0v) is 14.9. The molecule has 0 saturated carbocycles. The average molecular weight is 463 g/mol. The number of alkyl halides is 4. The van der Waals surface area contributed by atoms with Crippen molar-refractivity contribution < 1.29 is 13.2 Å². The minimum Gasteiger partial charge on any atom is -0.166 e. The molecule has 0 amide bonds. The highest BCUT2D eigenvalue weighted by Crippen LogP contribution is 2.42. The van der Waals surface area contributed by atoms with Crippen LogP contribution in [0.3, 0.4) is 0 Å². The summed E-state index contributed by atoms with van der Waals surface area (Å²) in [7, 11) is 0. The van der Waals surface area contributed by atoms with Crippen LogP contribution in [0.1, 0.15) is 21.5 Å². The van der Waals surface area contributed by atoms with Crippen molar-refractivity contribution in [2.75, 3.05) is 0 Å². The fourth-order valence-electron chi connectivity index (χ4n) is 1.84. The van der Waals surface area contributed by atoms with Crippen molar-refractivity contribution in [3.8, 4) is 0 Å². The smallest absolute Gasteiger partial charge is 0.166 e. The minimum atomic E-state index is -4.44. The lowest BCUT2D eigenvalue weighted by Crippen LogP contribution is -2.10. The summed E-state index contributed by atoms with van der Waals surface area (Å²) in [6.45, 7) is 0. The third-order valence-electron chi connectivity index (χ3n) is 2.83. The Hall–Kier alpha value is -0.230. The summed E-state index contributed by atoms with van der Waals surface area (Å²) in [5.41, 5.74) is 0.00568. The lowest BCUT2D eigenvalue weighted by molar-refractivity contribution is -0.138. The molecule has 2 aromatic rings. The molecular formula is C14H7Br2Cl2F3. The van der Waals surface area contributed by atoms with Crippen LogP contribution in [-0.4, -0.2) is 0 Å². The Kier molecular flexibility index (Phi) is 5.29. The predicted octanol–water partition coefficient (Wildman–Crippen LogP) is 7.26. The van der Waals surface area contributed by atoms with Gasteiger partial charge in [-0.3, -0.25) is 0 Å². The van der Waals surface area contributed by atoms with Crippen molar-refractivity contribution in [2.45, 2.75) is 11.0 Å². The molecule has 0 bridgehead atoms. The van der Waals surface area contributed by atoms with Gasteiger partial charge in [0.25, 0.3) is 0 Å². The van der Waals surface area contributed by atoms with Crippen LogP contribution in [0.25, 0.3) is 0 Å². The molecule has 0 aromatic heterocycles. The fraction of sp³-hybridized carbons (Fsp3) is 0.143. The van der Waals surface area contributed by atoms with Gasteiger partial charge in [0, 0.05) is 4.47 Å². The number of hydrogen-bond donors (Lipinski definition) is 0. The zero-order chi connectivity index (χ0) is 15.8. The fourth-order valence-corrected chi connectivity index (χ4v) is 3.20. The van der Waals surface area contributed by atoms with Gasteiger partial charge in [-0.2, -0.15) is 13.2 Å². The predicted molar refractivity (Wildman–Crippen MR) is 86.4 cm³/mol. The maximum atomic E-state index is 13.2. The molecule has 2 rings (SSSR count). The van der Waals surface area contributed by atoms with Crippen molar-refractivity contribution in [1.29, 1.82) is 0 Å². The van der Waals surface area contributed by atoms with E-state index in [9.17, 15) is 13.2 Å². The molecule has 0 heterocycles. The van der Waals surface area contributed by atoms with Crippen LogP contribution >= 0.6 is 55.1 Å². The molecule has 7 heteroatoms. The highest BCUT2D eigenvalue weighted by Gasteiger charge is 2.35. The van der Waals surface area contributed by atoms with Crippen molar-refractivity contribution in [3.05, 3.63) is 67.6 Å². The van der Waals surface area contributed by atoms with E-state index in [1.54, 1.807) is 24.3 Å². The summed E-state index contributed by atoms with van der Waals surface area (Å²) in [5.74, 6) is 0. The third kappa shape index (κ3) is 3.95. The molecule has 0 aliphatic rings. The second-order valence-electron chi connectivity index (χ2n) is 4.27. The minimum absolute atomic E-state index is 0.115. The second kappa shape index (κ2) is 6.49. The van der Waals surface area contributed by atoms with Crippen LogP contribution in [-0.2, 0) is 6.18 Å². The Balaban J connectivity index is 2.52. The number of hydrogen-bond acceptors (Lipinski definition) is 0. The van der Waals surface area contributed by atoms with Crippen LogP contribution < -0.4 is 0 Å². The monoisotopic (exact) mass is 460 g/mol. The summed E-state index contributed by atoms with van der Waals surface area (Å²) in [5, 5.41) is 0.649. The first-order chi connectivity index (χ1) is 9.70. The molecule has 1 atom stereocenters. The molecule has 0 aliphatic heterocycles. The molecule has 1 unspecified atom stereocenters. The average Bonchev–Trinajstić information content (AvgIpc) is 2.40. The van der Waals surface area contributed by atoms with Gasteiger partial charge < -0.3 is 0 Å². The first-order valence-corrected chi connectivity index (χ1v) is 8.12. The first kappa shape index (κ1) is 17.1. The second-order valence-corrected chi connectivity index (χ2v) is 6.91. The molecule has 0 aliphatic carbocycles. The zero-order valence-electron chi connectivity index (χ0n) is 10.2. The highest BCUT2D eigenvalue weighted by atomic mass is 79.9. The van der Waals surface area contributed by atoms with E-state index < -0.39 is 16.6 Å². The van der Waals surface area contributed by atoms with E-state index in [1.165, 1.54) is 6.07 Å². The molecule has 0 fully saturated rings. The normalized spacial score (nSPS) is 13.3. The van der Waals surface area contributed by atoms with Crippen LogP contribution in [0.15, 0.2) is 40.9 Å². The van der Waals surface area contributed by atoms with Gasteiger partial charge in [-0.1, -0.05) is 67.2 Å². The van der Waals surface area contributed by atoms with Crippen LogP contribution in [0.5, 0.6) is 0 Å². The molecule has 0 spiro atoms. The van der Waals surface area contributed by atoms with E-state index in [0.29, 0.717) is 20.1 Å². The van der Waals surface area contributed by atoms with Gasteiger partial charge >= 0.3 is 6.18 Å². The van der Waals surface area contributed by atoms with Crippen LogP contribution in [0.2, 0.25) is 10.0 Å². The van der Waals surface area contributed by atoms with Crippen molar-refractivity contribution in [3.63, 3.8) is 0 Å². The number of benzene rings is 2. The van der Waals surface area contributed by atoms with Gasteiger partial charge in [0.1, 0.15) is 0 Å². The summed E-state index contributed by atoms with van der Waals surface area (Å²) in [4.78, 5) is -0.642. The molecule has 0 nitrogen and oxygen atoms in total. The topological polar surface area (TPSA) is 0 Å². The van der Waals surface area contributed by atoms with E-state index in [4.69, 9.17) is 23.2 Å². The summed E-state index contributed by atoms with van der Waals surface area (Å²) >= 11 is 18.1. The van der Waals surface area contributed by atoms with Gasteiger partial charge in [-0.05, 0) is 35.4 Å². The number of rotatable bonds is 2. The molecule has 0 saturated heterocycles. The van der Waals surface area contributed by atoms with Gasteiger partial charge in [-0.25, -0.2) is 0 Å².